The highest BCUT2D eigenvalue weighted by Crippen LogP contribution is 1.86. The lowest BCUT2D eigenvalue weighted by molar-refractivity contribution is -0.130. The molecule has 0 unspecified atom stereocenters. The number of imide groups is 1. The number of rotatable bonds is 3. The van der Waals surface area contributed by atoms with Crippen molar-refractivity contribution in [2.24, 2.45) is 5.73 Å². The van der Waals surface area contributed by atoms with E-state index in [1.807, 2.05) is 5.32 Å². The molecule has 0 atom stereocenters. The third-order valence-corrected chi connectivity index (χ3v) is 0.914. The maximum absolute atomic E-state index is 10.6. The van der Waals surface area contributed by atoms with Crippen molar-refractivity contribution in [3.8, 4) is 0 Å². The molecule has 5 nitrogen and oxygen atoms in total. The second kappa shape index (κ2) is 4.43. The van der Waals surface area contributed by atoms with Gasteiger partial charge in [-0.05, 0) is 0 Å². The molecule has 0 bridgehead atoms. The van der Waals surface area contributed by atoms with Gasteiger partial charge in [0.15, 0.2) is 0 Å². The summed E-state index contributed by atoms with van der Waals surface area (Å²) in [5.41, 5.74) is 4.77. The molecule has 3 amide bonds. The van der Waals surface area contributed by atoms with Gasteiger partial charge in [0.05, 0.1) is 0 Å². The van der Waals surface area contributed by atoms with E-state index >= 15 is 0 Å². The lowest BCUT2D eigenvalue weighted by Crippen LogP contribution is -2.28. The molecule has 0 rings (SSSR count). The Bertz CT molecular complexity index is 188. The van der Waals surface area contributed by atoms with Gasteiger partial charge in [-0.25, -0.2) is 0 Å². The van der Waals surface area contributed by atoms with E-state index in [0.717, 1.165) is 0 Å². The number of primary amides is 1. The summed E-state index contributed by atoms with van der Waals surface area (Å²) in [6.07, 6.45) is -0.0615. The summed E-state index contributed by atoms with van der Waals surface area (Å²) in [6.45, 7) is 1.22. The first-order valence-electron chi connectivity index (χ1n) is 3.11. The molecule has 3 N–H and O–H groups in total. The zero-order valence-electron chi connectivity index (χ0n) is 6.22. The van der Waals surface area contributed by atoms with Crippen molar-refractivity contribution in [3.05, 3.63) is 0 Å². The standard InChI is InChI=1S/C6H10N2O3/c1-4(9)8-6(11)3-2-5(7)10/h2-3H2,1H3,(H2,7,10)(H,8,9,11). The van der Waals surface area contributed by atoms with Gasteiger partial charge in [-0.3, -0.25) is 19.7 Å². The van der Waals surface area contributed by atoms with Crippen LogP contribution in [0.15, 0.2) is 0 Å². The minimum Gasteiger partial charge on any atom is -0.370 e. The van der Waals surface area contributed by atoms with Crippen molar-refractivity contribution < 1.29 is 14.4 Å². The van der Waals surface area contributed by atoms with E-state index in [9.17, 15) is 14.4 Å². The van der Waals surface area contributed by atoms with Crippen LogP contribution in [0.1, 0.15) is 19.8 Å². The average molecular weight is 158 g/mol. The summed E-state index contributed by atoms with van der Waals surface area (Å²) < 4.78 is 0. The van der Waals surface area contributed by atoms with Crippen LogP contribution in [0.2, 0.25) is 0 Å². The monoisotopic (exact) mass is 158 g/mol. The summed E-state index contributed by atoms with van der Waals surface area (Å²) in [6, 6.07) is 0. The van der Waals surface area contributed by atoms with Gasteiger partial charge in [0.2, 0.25) is 17.7 Å². The molecule has 11 heavy (non-hydrogen) atoms. The number of carbonyl (C=O) groups excluding carboxylic acids is 3. The number of amides is 3. The molecule has 0 aliphatic heterocycles. The fourth-order valence-corrected chi connectivity index (χ4v) is 0.496. The SMILES string of the molecule is CC(=O)NC(=O)CCC(N)=O. The molecular formula is C6H10N2O3. The van der Waals surface area contributed by atoms with Crippen LogP contribution < -0.4 is 11.1 Å². The fraction of sp³-hybridized carbons (Fsp3) is 0.500. The van der Waals surface area contributed by atoms with Crippen LogP contribution in [0.5, 0.6) is 0 Å². The van der Waals surface area contributed by atoms with Crippen LogP contribution in [0, 0.1) is 0 Å². The topological polar surface area (TPSA) is 89.3 Å². The molecule has 0 fully saturated rings. The van der Waals surface area contributed by atoms with Gasteiger partial charge >= 0.3 is 0 Å². The number of hydrogen-bond acceptors (Lipinski definition) is 3. The maximum Gasteiger partial charge on any atom is 0.227 e. The Labute approximate surface area is 63.9 Å². The minimum absolute atomic E-state index is 0.0287. The van der Waals surface area contributed by atoms with Crippen LogP contribution in [-0.4, -0.2) is 17.7 Å². The van der Waals surface area contributed by atoms with Crippen molar-refractivity contribution >= 4 is 17.7 Å². The van der Waals surface area contributed by atoms with Crippen molar-refractivity contribution in [2.75, 3.05) is 0 Å². The second-order valence-electron chi connectivity index (χ2n) is 2.07. The van der Waals surface area contributed by atoms with Gasteiger partial charge in [0, 0.05) is 19.8 Å². The Morgan fingerprint density at radius 2 is 1.82 bits per heavy atom. The molecule has 62 valence electrons. The molecule has 0 aromatic carbocycles. The molecule has 0 aliphatic rings. The first kappa shape index (κ1) is 9.61. The quantitative estimate of drug-likeness (QED) is 0.547. The molecule has 0 aromatic heterocycles. The minimum atomic E-state index is -0.552. The highest BCUT2D eigenvalue weighted by Gasteiger charge is 2.04. The lowest BCUT2D eigenvalue weighted by atomic mass is 10.3. The predicted octanol–water partition coefficient (Wildman–Crippen LogP) is -1.09. The lowest BCUT2D eigenvalue weighted by Gasteiger charge is -1.97. The molecule has 5 heteroatoms. The Hall–Kier alpha value is -1.39. The molecule has 0 saturated carbocycles. The normalized spacial score (nSPS) is 8.82. The number of carbonyl (C=O) groups is 3. The average Bonchev–Trinajstić information content (AvgIpc) is 1.82. The van der Waals surface area contributed by atoms with Gasteiger partial charge in [-0.15, -0.1) is 0 Å². The predicted molar refractivity (Wildman–Crippen MR) is 37.3 cm³/mol. The third-order valence-electron chi connectivity index (χ3n) is 0.914. The summed E-state index contributed by atoms with van der Waals surface area (Å²) in [4.78, 5) is 31.0. The first-order chi connectivity index (χ1) is 5.02. The fourth-order valence-electron chi connectivity index (χ4n) is 0.496. The molecule has 0 radical (unpaired) electrons. The van der Waals surface area contributed by atoms with Crippen molar-refractivity contribution in [1.29, 1.82) is 0 Å². The van der Waals surface area contributed by atoms with Crippen LogP contribution in [0.3, 0.4) is 0 Å². The smallest absolute Gasteiger partial charge is 0.227 e. The summed E-state index contributed by atoms with van der Waals surface area (Å²) in [5.74, 6) is -1.46. The van der Waals surface area contributed by atoms with Crippen LogP contribution >= 0.6 is 0 Å². The molecule has 0 spiro atoms. The summed E-state index contributed by atoms with van der Waals surface area (Å²) in [7, 11) is 0. The van der Waals surface area contributed by atoms with E-state index in [4.69, 9.17) is 5.73 Å². The highest BCUT2D eigenvalue weighted by molar-refractivity contribution is 5.95. The van der Waals surface area contributed by atoms with Crippen molar-refractivity contribution in [2.45, 2.75) is 19.8 Å². The Morgan fingerprint density at radius 3 is 2.18 bits per heavy atom. The zero-order valence-corrected chi connectivity index (χ0v) is 6.22. The molecule has 0 saturated heterocycles. The largest absolute Gasteiger partial charge is 0.370 e. The van der Waals surface area contributed by atoms with Gasteiger partial charge in [0.25, 0.3) is 0 Å². The number of nitrogens with two attached hydrogens (primary N) is 1. The zero-order chi connectivity index (χ0) is 8.85. The van der Waals surface area contributed by atoms with Crippen molar-refractivity contribution in [3.63, 3.8) is 0 Å². The van der Waals surface area contributed by atoms with E-state index in [2.05, 4.69) is 0 Å². The Balaban J connectivity index is 3.53. The van der Waals surface area contributed by atoms with Crippen molar-refractivity contribution in [1.82, 2.24) is 5.32 Å². The van der Waals surface area contributed by atoms with Gasteiger partial charge in [0.1, 0.15) is 0 Å². The van der Waals surface area contributed by atoms with E-state index in [1.165, 1.54) is 6.92 Å². The Kier molecular flexibility index (Phi) is 3.87. The molecule has 0 aromatic rings. The van der Waals surface area contributed by atoms with Gasteiger partial charge in [-0.1, -0.05) is 0 Å². The van der Waals surface area contributed by atoms with E-state index in [0.29, 0.717) is 0 Å². The van der Waals surface area contributed by atoms with E-state index in [1.54, 1.807) is 0 Å². The number of nitrogens with one attached hydrogen (secondary N) is 1. The Morgan fingerprint density at radius 1 is 1.27 bits per heavy atom. The molecular weight excluding hydrogens is 148 g/mol. The maximum atomic E-state index is 10.6. The van der Waals surface area contributed by atoms with Crippen LogP contribution in [0.25, 0.3) is 0 Å². The van der Waals surface area contributed by atoms with E-state index in [-0.39, 0.29) is 12.8 Å². The van der Waals surface area contributed by atoms with Gasteiger partial charge < -0.3 is 5.73 Å². The molecule has 0 heterocycles. The first-order valence-corrected chi connectivity index (χ1v) is 3.11. The highest BCUT2D eigenvalue weighted by atomic mass is 16.2. The van der Waals surface area contributed by atoms with Gasteiger partial charge in [-0.2, -0.15) is 0 Å². The van der Waals surface area contributed by atoms with E-state index < -0.39 is 17.7 Å². The summed E-state index contributed by atoms with van der Waals surface area (Å²) >= 11 is 0. The van der Waals surface area contributed by atoms with Crippen LogP contribution in [-0.2, 0) is 14.4 Å². The second-order valence-corrected chi connectivity index (χ2v) is 2.07. The molecule has 0 aliphatic carbocycles. The number of hydrogen-bond donors (Lipinski definition) is 2. The van der Waals surface area contributed by atoms with Crippen LogP contribution in [0.4, 0.5) is 0 Å². The third kappa shape index (κ3) is 6.50. The summed E-state index contributed by atoms with van der Waals surface area (Å²) in [5, 5.41) is 2.01.